The van der Waals surface area contributed by atoms with Gasteiger partial charge in [-0.2, -0.15) is 13.2 Å². The number of benzene rings is 3. The second-order valence-corrected chi connectivity index (χ2v) is 8.70. The van der Waals surface area contributed by atoms with Crippen LogP contribution in [-0.4, -0.2) is 35.6 Å². The third-order valence-electron chi connectivity index (χ3n) is 6.15. The Bertz CT molecular complexity index is 1180. The van der Waals surface area contributed by atoms with Crippen molar-refractivity contribution in [1.29, 1.82) is 0 Å². The molecule has 1 amide bonds. The zero-order chi connectivity index (χ0) is 24.3. The second kappa shape index (κ2) is 9.99. The second-order valence-electron chi connectivity index (χ2n) is 8.70. The van der Waals surface area contributed by atoms with Crippen molar-refractivity contribution < 1.29 is 23.1 Å². The van der Waals surface area contributed by atoms with E-state index in [-0.39, 0.29) is 25.0 Å². The van der Waals surface area contributed by atoms with Gasteiger partial charge in [-0.15, -0.1) is 0 Å². The number of hydrogen-bond acceptors (Lipinski definition) is 3. The molecular formula is C27H27F3N2O2. The van der Waals surface area contributed by atoms with Crippen LogP contribution in [-0.2, 0) is 19.3 Å². The van der Waals surface area contributed by atoms with Gasteiger partial charge >= 0.3 is 6.18 Å². The van der Waals surface area contributed by atoms with Crippen LogP contribution in [0, 0.1) is 0 Å². The Balaban J connectivity index is 1.62. The number of rotatable bonds is 6. The van der Waals surface area contributed by atoms with E-state index < -0.39 is 11.7 Å². The molecule has 4 rings (SSSR count). The Morgan fingerprint density at radius 1 is 1.09 bits per heavy atom. The molecule has 1 unspecified atom stereocenters. The molecule has 1 aliphatic rings. The Labute approximate surface area is 197 Å². The van der Waals surface area contributed by atoms with Crippen LogP contribution < -0.4 is 5.32 Å². The Hall–Kier alpha value is -3.16. The molecule has 0 saturated heterocycles. The summed E-state index contributed by atoms with van der Waals surface area (Å²) in [4.78, 5) is 14.5. The molecule has 34 heavy (non-hydrogen) atoms. The molecule has 2 N–H and O–H groups in total. The number of aliphatic hydroxyl groups is 1. The standard InChI is InChI=1S/C27H27F3N2O2/c1-18-15-32(16-19-5-2-8-22(13-19)27(28,29)30)17-25-23(18)9-4-10-24(25)20-6-3-7-21(14-20)26(34)31-11-12-33/h2-10,13-14,18,33H,11-12,15-17H2,1H3,(H,31,34). The van der Waals surface area contributed by atoms with Crippen molar-refractivity contribution in [3.63, 3.8) is 0 Å². The first-order chi connectivity index (χ1) is 16.3. The Morgan fingerprint density at radius 3 is 2.62 bits per heavy atom. The minimum Gasteiger partial charge on any atom is -0.395 e. The molecule has 0 saturated carbocycles. The van der Waals surface area contributed by atoms with Gasteiger partial charge in [0.05, 0.1) is 12.2 Å². The number of carbonyl (C=O) groups is 1. The summed E-state index contributed by atoms with van der Waals surface area (Å²) in [5, 5.41) is 11.6. The van der Waals surface area contributed by atoms with E-state index in [4.69, 9.17) is 5.11 Å². The van der Waals surface area contributed by atoms with Gasteiger partial charge in [-0.3, -0.25) is 9.69 Å². The number of nitrogens with one attached hydrogen (secondary N) is 1. The van der Waals surface area contributed by atoms with Crippen LogP contribution in [0.2, 0.25) is 0 Å². The van der Waals surface area contributed by atoms with E-state index >= 15 is 0 Å². The monoisotopic (exact) mass is 468 g/mol. The summed E-state index contributed by atoms with van der Waals surface area (Å²) in [6.07, 6.45) is -4.36. The Kier molecular flexibility index (Phi) is 7.05. The van der Waals surface area contributed by atoms with Crippen LogP contribution in [0.3, 0.4) is 0 Å². The van der Waals surface area contributed by atoms with E-state index in [1.807, 2.05) is 30.3 Å². The summed E-state index contributed by atoms with van der Waals surface area (Å²) in [5.74, 6) is -0.0363. The molecule has 3 aromatic carbocycles. The van der Waals surface area contributed by atoms with Crippen LogP contribution in [0.25, 0.3) is 11.1 Å². The third kappa shape index (κ3) is 5.32. The number of fused-ring (bicyclic) bond motifs is 1. The van der Waals surface area contributed by atoms with Gasteiger partial charge in [-0.1, -0.05) is 55.5 Å². The van der Waals surface area contributed by atoms with Gasteiger partial charge in [0.15, 0.2) is 0 Å². The fourth-order valence-corrected chi connectivity index (χ4v) is 4.61. The van der Waals surface area contributed by atoms with E-state index in [9.17, 15) is 18.0 Å². The van der Waals surface area contributed by atoms with Gasteiger partial charge < -0.3 is 10.4 Å². The van der Waals surface area contributed by atoms with Crippen molar-refractivity contribution in [2.45, 2.75) is 32.1 Å². The largest absolute Gasteiger partial charge is 0.416 e. The predicted molar refractivity (Wildman–Crippen MR) is 125 cm³/mol. The number of aliphatic hydroxyl groups excluding tert-OH is 1. The minimum absolute atomic E-state index is 0.128. The van der Waals surface area contributed by atoms with E-state index in [0.717, 1.165) is 29.3 Å². The lowest BCUT2D eigenvalue weighted by Crippen LogP contribution is -2.32. The van der Waals surface area contributed by atoms with Gasteiger partial charge in [-0.05, 0) is 51.9 Å². The van der Waals surface area contributed by atoms with Gasteiger partial charge in [-0.25, -0.2) is 0 Å². The van der Waals surface area contributed by atoms with Crippen LogP contribution in [0.5, 0.6) is 0 Å². The molecule has 0 radical (unpaired) electrons. The topological polar surface area (TPSA) is 52.6 Å². The highest BCUT2D eigenvalue weighted by Gasteiger charge is 2.31. The minimum atomic E-state index is -4.36. The molecule has 178 valence electrons. The lowest BCUT2D eigenvalue weighted by molar-refractivity contribution is -0.137. The summed E-state index contributed by atoms with van der Waals surface area (Å²) in [6.45, 7) is 3.96. The molecular weight excluding hydrogens is 441 g/mol. The number of alkyl halides is 3. The van der Waals surface area contributed by atoms with Crippen molar-refractivity contribution in [3.8, 4) is 11.1 Å². The van der Waals surface area contributed by atoms with Crippen LogP contribution in [0.4, 0.5) is 13.2 Å². The molecule has 3 aromatic rings. The van der Waals surface area contributed by atoms with E-state index in [0.29, 0.717) is 24.2 Å². The average molecular weight is 469 g/mol. The maximum atomic E-state index is 13.1. The van der Waals surface area contributed by atoms with Crippen molar-refractivity contribution in [3.05, 3.63) is 94.5 Å². The first-order valence-corrected chi connectivity index (χ1v) is 11.3. The quantitative estimate of drug-likeness (QED) is 0.522. The van der Waals surface area contributed by atoms with E-state index in [1.165, 1.54) is 17.7 Å². The van der Waals surface area contributed by atoms with Crippen LogP contribution in [0.15, 0.2) is 66.7 Å². The normalized spacial score (nSPS) is 16.2. The van der Waals surface area contributed by atoms with Crippen molar-refractivity contribution in [2.24, 2.45) is 0 Å². The fraction of sp³-hybridized carbons (Fsp3) is 0.296. The third-order valence-corrected chi connectivity index (χ3v) is 6.15. The summed E-state index contributed by atoms with van der Waals surface area (Å²) in [5.41, 5.74) is 4.76. The molecule has 0 bridgehead atoms. The van der Waals surface area contributed by atoms with Crippen molar-refractivity contribution in [1.82, 2.24) is 10.2 Å². The number of nitrogens with zero attached hydrogens (tertiary/aromatic N) is 1. The molecule has 0 aliphatic carbocycles. The van der Waals surface area contributed by atoms with Crippen LogP contribution in [0.1, 0.15) is 45.5 Å². The molecule has 1 heterocycles. The summed E-state index contributed by atoms with van der Waals surface area (Å²) in [7, 11) is 0. The van der Waals surface area contributed by atoms with E-state index in [2.05, 4.69) is 23.2 Å². The highest BCUT2D eigenvalue weighted by atomic mass is 19.4. The van der Waals surface area contributed by atoms with Crippen molar-refractivity contribution in [2.75, 3.05) is 19.7 Å². The summed E-state index contributed by atoms with van der Waals surface area (Å²) in [6, 6.07) is 19.0. The predicted octanol–water partition coefficient (Wildman–Crippen LogP) is 5.21. The molecule has 1 atom stereocenters. The van der Waals surface area contributed by atoms with Gasteiger partial charge in [0, 0.05) is 31.7 Å². The van der Waals surface area contributed by atoms with Gasteiger partial charge in [0.1, 0.15) is 0 Å². The smallest absolute Gasteiger partial charge is 0.395 e. The number of carbonyl (C=O) groups excluding carboxylic acids is 1. The number of halogens is 3. The van der Waals surface area contributed by atoms with Crippen molar-refractivity contribution >= 4 is 5.91 Å². The first-order valence-electron chi connectivity index (χ1n) is 11.3. The molecule has 7 heteroatoms. The molecule has 0 fully saturated rings. The SMILES string of the molecule is CC1CN(Cc2cccc(C(F)(F)F)c2)Cc2c(-c3cccc(C(=O)NCCO)c3)cccc21. The lowest BCUT2D eigenvalue weighted by atomic mass is 9.85. The van der Waals surface area contributed by atoms with Gasteiger partial charge in [0.2, 0.25) is 0 Å². The fourth-order valence-electron chi connectivity index (χ4n) is 4.61. The lowest BCUT2D eigenvalue weighted by Gasteiger charge is -2.34. The zero-order valence-electron chi connectivity index (χ0n) is 18.9. The summed E-state index contributed by atoms with van der Waals surface area (Å²) >= 11 is 0. The van der Waals surface area contributed by atoms with Crippen LogP contribution >= 0.6 is 0 Å². The first kappa shape index (κ1) is 24.0. The molecule has 1 aliphatic heterocycles. The van der Waals surface area contributed by atoms with E-state index in [1.54, 1.807) is 12.1 Å². The molecule has 0 spiro atoms. The highest BCUT2D eigenvalue weighted by Crippen LogP contribution is 2.36. The maximum Gasteiger partial charge on any atom is 0.416 e. The highest BCUT2D eigenvalue weighted by molar-refractivity contribution is 5.95. The number of hydrogen-bond donors (Lipinski definition) is 2. The Morgan fingerprint density at radius 2 is 1.85 bits per heavy atom. The van der Waals surface area contributed by atoms with Gasteiger partial charge in [0.25, 0.3) is 5.91 Å². The molecule has 0 aromatic heterocycles. The maximum absolute atomic E-state index is 13.1. The average Bonchev–Trinajstić information content (AvgIpc) is 2.82. The molecule has 4 nitrogen and oxygen atoms in total. The zero-order valence-corrected chi connectivity index (χ0v) is 18.9. The summed E-state index contributed by atoms with van der Waals surface area (Å²) < 4.78 is 39.4. The number of amides is 1.